The minimum Gasteiger partial charge on any atom is -0.481 e. The van der Waals surface area contributed by atoms with Crippen LogP contribution in [0.15, 0.2) is 47.4 Å². The van der Waals surface area contributed by atoms with E-state index in [2.05, 4.69) is 42.5 Å². The number of unbranched alkanes of at least 4 members (excludes halogenated alkanes) is 1. The molecule has 4 atom stereocenters. The van der Waals surface area contributed by atoms with Crippen molar-refractivity contribution in [1.82, 2.24) is 0 Å². The Balaban J connectivity index is 1.47. The average Bonchev–Trinajstić information content (AvgIpc) is 3.18. The number of thioether (sulfide) groups is 1. The van der Waals surface area contributed by atoms with E-state index in [4.69, 9.17) is 9.84 Å². The van der Waals surface area contributed by atoms with Crippen molar-refractivity contribution in [3.8, 4) is 0 Å². The van der Waals surface area contributed by atoms with Crippen LogP contribution in [0, 0.1) is 11.8 Å². The Kier molecular flexibility index (Phi) is 6.38. The van der Waals surface area contributed by atoms with Gasteiger partial charge < -0.3 is 9.84 Å². The van der Waals surface area contributed by atoms with E-state index in [1.165, 1.54) is 17.7 Å². The minimum atomic E-state index is -0.706. The van der Waals surface area contributed by atoms with Gasteiger partial charge in [0.25, 0.3) is 0 Å². The molecule has 2 fully saturated rings. The van der Waals surface area contributed by atoms with E-state index in [-0.39, 0.29) is 6.42 Å². The highest BCUT2D eigenvalue weighted by atomic mass is 32.2. The number of ether oxygens (including phenoxy) is 1. The summed E-state index contributed by atoms with van der Waals surface area (Å²) in [5, 5.41) is 8.66. The number of hydrogen-bond donors (Lipinski definition) is 1. The average molecular weight is 346 g/mol. The highest BCUT2D eigenvalue weighted by molar-refractivity contribution is 7.99. The molecule has 3 nitrogen and oxygen atoms in total. The summed E-state index contributed by atoms with van der Waals surface area (Å²) in [7, 11) is 0. The van der Waals surface area contributed by atoms with Gasteiger partial charge in [-0.2, -0.15) is 0 Å². The molecule has 0 spiro atoms. The van der Waals surface area contributed by atoms with Crippen LogP contribution in [-0.4, -0.2) is 29.0 Å². The normalized spacial score (nSPS) is 28.7. The largest absolute Gasteiger partial charge is 0.481 e. The van der Waals surface area contributed by atoms with E-state index in [9.17, 15) is 4.79 Å². The Hall–Kier alpha value is -1.26. The zero-order valence-corrected chi connectivity index (χ0v) is 14.8. The van der Waals surface area contributed by atoms with E-state index in [0.717, 1.165) is 25.0 Å². The first-order chi connectivity index (χ1) is 11.7. The summed E-state index contributed by atoms with van der Waals surface area (Å²) in [6.07, 6.45) is 10.6. The van der Waals surface area contributed by atoms with Crippen molar-refractivity contribution in [2.75, 3.05) is 5.75 Å². The third-order valence-electron chi connectivity index (χ3n) is 5.11. The zero-order valence-electron chi connectivity index (χ0n) is 14.0. The molecule has 24 heavy (non-hydrogen) atoms. The molecule has 1 aromatic rings. The summed E-state index contributed by atoms with van der Waals surface area (Å²) in [6.45, 7) is 0. The van der Waals surface area contributed by atoms with Gasteiger partial charge in [0.1, 0.15) is 0 Å². The lowest BCUT2D eigenvalue weighted by Gasteiger charge is -2.27. The van der Waals surface area contributed by atoms with Crippen LogP contribution in [0.5, 0.6) is 0 Å². The van der Waals surface area contributed by atoms with Crippen LogP contribution in [0.1, 0.15) is 38.5 Å². The van der Waals surface area contributed by atoms with Gasteiger partial charge in [-0.15, -0.1) is 11.8 Å². The first kappa shape index (κ1) is 17.6. The molecule has 2 aliphatic heterocycles. The van der Waals surface area contributed by atoms with E-state index in [1.807, 2.05) is 11.8 Å². The Morgan fingerprint density at radius 3 is 2.67 bits per heavy atom. The summed E-state index contributed by atoms with van der Waals surface area (Å²) in [6, 6.07) is 10.6. The highest BCUT2D eigenvalue weighted by Crippen LogP contribution is 2.47. The maximum absolute atomic E-state index is 10.5. The van der Waals surface area contributed by atoms with Crippen LogP contribution in [0.2, 0.25) is 0 Å². The SMILES string of the molecule is O=C(O)CCC/C=C\CC1C2CCC(O2)C1CSc1ccccc1. The zero-order chi connectivity index (χ0) is 16.8. The molecule has 2 heterocycles. The van der Waals surface area contributed by atoms with Crippen molar-refractivity contribution in [3.63, 3.8) is 0 Å². The molecule has 0 saturated carbocycles. The van der Waals surface area contributed by atoms with Crippen LogP contribution in [-0.2, 0) is 9.53 Å². The Bertz CT molecular complexity index is 557. The molecule has 2 bridgehead atoms. The van der Waals surface area contributed by atoms with Crippen molar-refractivity contribution in [1.29, 1.82) is 0 Å². The molecule has 2 aliphatic rings. The lowest BCUT2D eigenvalue weighted by atomic mass is 9.78. The summed E-state index contributed by atoms with van der Waals surface area (Å²) in [5.41, 5.74) is 0. The molecule has 4 heteroatoms. The molecule has 0 aliphatic carbocycles. The molecule has 1 N–H and O–H groups in total. The third-order valence-corrected chi connectivity index (χ3v) is 6.27. The second-order valence-corrected chi connectivity index (χ2v) is 7.83. The Labute approximate surface area is 148 Å². The van der Waals surface area contributed by atoms with Crippen LogP contribution in [0.4, 0.5) is 0 Å². The van der Waals surface area contributed by atoms with Gasteiger partial charge in [-0.1, -0.05) is 30.4 Å². The quantitative estimate of drug-likeness (QED) is 0.397. The second kappa shape index (κ2) is 8.72. The standard InChI is InChI=1S/C20H26O3S/c21-20(22)11-7-2-1-6-10-16-17(19-13-12-18(16)23-19)14-24-15-8-4-3-5-9-15/h1,3-6,8-9,16-19H,2,7,10-14H2,(H,21,22)/b6-1-. The van der Waals surface area contributed by atoms with E-state index in [1.54, 1.807) is 0 Å². The van der Waals surface area contributed by atoms with Crippen molar-refractivity contribution in [2.45, 2.75) is 55.6 Å². The number of allylic oxidation sites excluding steroid dienone is 2. The monoisotopic (exact) mass is 346 g/mol. The van der Waals surface area contributed by atoms with Crippen LogP contribution in [0.3, 0.4) is 0 Å². The number of aliphatic carboxylic acids is 1. The van der Waals surface area contributed by atoms with E-state index >= 15 is 0 Å². The molecular weight excluding hydrogens is 320 g/mol. The summed E-state index contributed by atoms with van der Waals surface area (Å²) >= 11 is 1.94. The Morgan fingerprint density at radius 1 is 1.17 bits per heavy atom. The fourth-order valence-electron chi connectivity index (χ4n) is 3.88. The van der Waals surface area contributed by atoms with E-state index in [0.29, 0.717) is 24.0 Å². The van der Waals surface area contributed by atoms with E-state index < -0.39 is 5.97 Å². The van der Waals surface area contributed by atoms with Gasteiger partial charge in [-0.3, -0.25) is 4.79 Å². The molecule has 0 radical (unpaired) electrons. The predicted octanol–water partition coefficient (Wildman–Crippen LogP) is 4.77. The van der Waals surface area contributed by atoms with Gasteiger partial charge in [0.15, 0.2) is 0 Å². The number of carboxylic acids is 1. The van der Waals surface area contributed by atoms with Crippen LogP contribution < -0.4 is 0 Å². The summed E-state index contributed by atoms with van der Waals surface area (Å²) in [4.78, 5) is 11.9. The molecule has 0 amide bonds. The minimum absolute atomic E-state index is 0.262. The van der Waals surface area contributed by atoms with Crippen molar-refractivity contribution in [3.05, 3.63) is 42.5 Å². The van der Waals surface area contributed by atoms with Gasteiger partial charge in [-0.25, -0.2) is 0 Å². The number of fused-ring (bicyclic) bond motifs is 2. The number of carboxylic acid groups (broad SMARTS) is 1. The van der Waals surface area contributed by atoms with Crippen LogP contribution in [0.25, 0.3) is 0 Å². The molecule has 4 unspecified atom stereocenters. The molecule has 2 saturated heterocycles. The molecule has 0 aromatic heterocycles. The molecular formula is C20H26O3S. The van der Waals surface area contributed by atoms with Gasteiger partial charge in [-0.05, 0) is 50.2 Å². The first-order valence-corrected chi connectivity index (χ1v) is 9.92. The third kappa shape index (κ3) is 4.64. The summed E-state index contributed by atoms with van der Waals surface area (Å²) in [5.74, 6) is 1.68. The topological polar surface area (TPSA) is 46.5 Å². The number of rotatable bonds is 9. The predicted molar refractivity (Wildman–Crippen MR) is 97.3 cm³/mol. The first-order valence-electron chi connectivity index (χ1n) is 8.94. The van der Waals surface area contributed by atoms with Gasteiger partial charge in [0.05, 0.1) is 12.2 Å². The number of benzene rings is 1. The fourth-order valence-corrected chi connectivity index (χ4v) is 5.08. The second-order valence-electron chi connectivity index (χ2n) is 6.74. The van der Waals surface area contributed by atoms with Crippen molar-refractivity contribution >= 4 is 17.7 Å². The number of carbonyl (C=O) groups is 1. The number of hydrogen-bond acceptors (Lipinski definition) is 3. The molecule has 3 rings (SSSR count). The summed E-state index contributed by atoms with van der Waals surface area (Å²) < 4.78 is 6.17. The van der Waals surface area contributed by atoms with Crippen LogP contribution >= 0.6 is 11.8 Å². The smallest absolute Gasteiger partial charge is 0.303 e. The van der Waals surface area contributed by atoms with Crippen molar-refractivity contribution in [2.24, 2.45) is 11.8 Å². The maximum Gasteiger partial charge on any atom is 0.303 e. The maximum atomic E-state index is 10.5. The fraction of sp³-hybridized carbons (Fsp3) is 0.550. The Morgan fingerprint density at radius 2 is 1.92 bits per heavy atom. The van der Waals surface area contributed by atoms with Crippen molar-refractivity contribution < 1.29 is 14.6 Å². The van der Waals surface area contributed by atoms with Gasteiger partial charge in [0.2, 0.25) is 0 Å². The molecule has 1 aromatic carbocycles. The lowest BCUT2D eigenvalue weighted by Crippen LogP contribution is -2.28. The van der Waals surface area contributed by atoms with Gasteiger partial charge in [0, 0.05) is 23.0 Å². The molecule has 130 valence electrons. The highest BCUT2D eigenvalue weighted by Gasteiger charge is 2.47. The lowest BCUT2D eigenvalue weighted by molar-refractivity contribution is -0.137. The van der Waals surface area contributed by atoms with Gasteiger partial charge >= 0.3 is 5.97 Å².